The maximum Gasteiger partial charge on any atom is 0.228 e. The summed E-state index contributed by atoms with van der Waals surface area (Å²) in [5.41, 5.74) is 1.06. The fourth-order valence-electron chi connectivity index (χ4n) is 4.61. The van der Waals surface area contributed by atoms with Gasteiger partial charge < -0.3 is 9.64 Å². The number of piperidine rings is 1. The first-order chi connectivity index (χ1) is 12.7. The van der Waals surface area contributed by atoms with E-state index in [1.54, 1.807) is 6.20 Å². The molecule has 1 amide bonds. The van der Waals surface area contributed by atoms with Crippen molar-refractivity contribution < 1.29 is 9.53 Å². The third-order valence-corrected chi connectivity index (χ3v) is 6.26. The Labute approximate surface area is 156 Å². The van der Waals surface area contributed by atoms with E-state index in [1.807, 2.05) is 23.1 Å². The Morgan fingerprint density at radius 3 is 2.81 bits per heavy atom. The summed E-state index contributed by atoms with van der Waals surface area (Å²) < 4.78 is 5.71. The molecule has 0 N–H and O–H groups in total. The van der Waals surface area contributed by atoms with Crippen molar-refractivity contribution in [2.75, 3.05) is 39.4 Å². The number of hydrogen-bond donors (Lipinski definition) is 0. The van der Waals surface area contributed by atoms with Crippen molar-refractivity contribution >= 4 is 5.91 Å². The zero-order valence-electron chi connectivity index (χ0n) is 15.9. The van der Waals surface area contributed by atoms with Crippen LogP contribution in [0.3, 0.4) is 0 Å². The average Bonchev–Trinajstić information content (AvgIpc) is 3.44. The van der Waals surface area contributed by atoms with Crippen molar-refractivity contribution in [1.82, 2.24) is 14.8 Å². The summed E-state index contributed by atoms with van der Waals surface area (Å²) in [4.78, 5) is 21.7. The molecule has 2 aliphatic heterocycles. The molecule has 1 aromatic heterocycles. The van der Waals surface area contributed by atoms with E-state index in [2.05, 4.69) is 16.8 Å². The number of ether oxygens (including phenoxy) is 1. The van der Waals surface area contributed by atoms with E-state index in [-0.39, 0.29) is 11.4 Å². The summed E-state index contributed by atoms with van der Waals surface area (Å²) in [5, 5.41) is 0. The van der Waals surface area contributed by atoms with Crippen LogP contribution in [0.15, 0.2) is 24.4 Å². The molecule has 2 saturated heterocycles. The molecule has 3 heterocycles. The zero-order valence-corrected chi connectivity index (χ0v) is 15.9. The van der Waals surface area contributed by atoms with Crippen LogP contribution < -0.4 is 0 Å². The molecule has 1 aliphatic carbocycles. The van der Waals surface area contributed by atoms with E-state index >= 15 is 0 Å². The Bertz CT molecular complexity index is 611. The molecule has 1 atom stereocenters. The van der Waals surface area contributed by atoms with Crippen LogP contribution in [0.2, 0.25) is 0 Å². The average molecular weight is 357 g/mol. The summed E-state index contributed by atoms with van der Waals surface area (Å²) in [5.74, 6) is 1.75. The third-order valence-electron chi connectivity index (χ3n) is 6.26. The van der Waals surface area contributed by atoms with Gasteiger partial charge in [0.15, 0.2) is 0 Å². The summed E-state index contributed by atoms with van der Waals surface area (Å²) in [6, 6.07) is 5.78. The Morgan fingerprint density at radius 1 is 1.27 bits per heavy atom. The Morgan fingerprint density at radius 2 is 2.12 bits per heavy atom. The first-order valence-corrected chi connectivity index (χ1v) is 10.2. The Hall–Kier alpha value is -1.46. The fraction of sp³-hybridized carbons (Fsp3) is 0.714. The molecule has 3 aliphatic rings. The third kappa shape index (κ3) is 3.94. The highest BCUT2D eigenvalue weighted by molar-refractivity contribution is 5.79. The normalized spacial score (nSPS) is 25.3. The van der Waals surface area contributed by atoms with Gasteiger partial charge in [-0.1, -0.05) is 6.07 Å². The van der Waals surface area contributed by atoms with Crippen LogP contribution in [-0.2, 0) is 16.0 Å². The van der Waals surface area contributed by atoms with Gasteiger partial charge in [0.2, 0.25) is 5.91 Å². The monoisotopic (exact) mass is 357 g/mol. The first kappa shape index (κ1) is 17.9. The molecule has 0 unspecified atom stereocenters. The molecule has 5 nitrogen and oxygen atoms in total. The second kappa shape index (κ2) is 7.65. The maximum atomic E-state index is 12.7. The van der Waals surface area contributed by atoms with Gasteiger partial charge in [-0.15, -0.1) is 0 Å². The number of pyridine rings is 1. The van der Waals surface area contributed by atoms with Crippen LogP contribution >= 0.6 is 0 Å². The highest BCUT2D eigenvalue weighted by Gasteiger charge is 2.52. The molecular weight excluding hydrogens is 326 g/mol. The van der Waals surface area contributed by atoms with Crippen molar-refractivity contribution in [2.45, 2.75) is 44.6 Å². The standard InChI is InChI=1S/C21H31N3O2/c1-2-26-14-18-8-10-24(13-17-6-7-17)21(12-18)15-23(16-21)20(25)11-19-5-3-4-9-22-19/h3-5,9,17-18H,2,6-8,10-16H2,1H3/t18-/m1/s1. The zero-order chi connectivity index (χ0) is 18.0. The minimum atomic E-state index is 0.197. The molecule has 0 radical (unpaired) electrons. The molecule has 1 spiro atoms. The first-order valence-electron chi connectivity index (χ1n) is 10.2. The van der Waals surface area contributed by atoms with Gasteiger partial charge in [-0.3, -0.25) is 14.7 Å². The highest BCUT2D eigenvalue weighted by Crippen LogP contribution is 2.42. The number of rotatable bonds is 7. The van der Waals surface area contributed by atoms with E-state index in [0.717, 1.165) is 44.5 Å². The summed E-state index contributed by atoms with van der Waals surface area (Å²) in [7, 11) is 0. The molecule has 0 bridgehead atoms. The lowest BCUT2D eigenvalue weighted by atomic mass is 9.74. The van der Waals surface area contributed by atoms with Gasteiger partial charge in [-0.05, 0) is 63.1 Å². The number of aromatic nitrogens is 1. The van der Waals surface area contributed by atoms with E-state index < -0.39 is 0 Å². The molecule has 0 aromatic carbocycles. The number of carbonyl (C=O) groups excluding carboxylic acids is 1. The van der Waals surface area contributed by atoms with E-state index in [4.69, 9.17) is 4.74 Å². The van der Waals surface area contributed by atoms with Crippen molar-refractivity contribution in [3.8, 4) is 0 Å². The predicted octanol–water partition coefficient (Wildman–Crippen LogP) is 2.36. The molecule has 3 fully saturated rings. The van der Waals surface area contributed by atoms with Gasteiger partial charge in [0.25, 0.3) is 0 Å². The van der Waals surface area contributed by atoms with Gasteiger partial charge in [-0.25, -0.2) is 0 Å². The maximum absolute atomic E-state index is 12.7. The van der Waals surface area contributed by atoms with Gasteiger partial charge in [-0.2, -0.15) is 0 Å². The van der Waals surface area contributed by atoms with Crippen molar-refractivity contribution in [3.63, 3.8) is 0 Å². The Kier molecular flexibility index (Phi) is 5.28. The molecule has 4 rings (SSSR count). The number of amides is 1. The number of carbonyl (C=O) groups is 1. The fourth-order valence-corrected chi connectivity index (χ4v) is 4.61. The lowest BCUT2D eigenvalue weighted by molar-refractivity contribution is -0.153. The molecule has 142 valence electrons. The molecular formula is C21H31N3O2. The summed E-state index contributed by atoms with van der Waals surface area (Å²) in [6.07, 6.45) is 7.36. The lowest BCUT2D eigenvalue weighted by Crippen LogP contribution is -2.73. The second-order valence-electron chi connectivity index (χ2n) is 8.38. The van der Waals surface area contributed by atoms with Crippen molar-refractivity contribution in [1.29, 1.82) is 0 Å². The SMILES string of the molecule is CCOC[C@@H]1CCN(CC2CC2)C2(C1)CN(C(=O)Cc1ccccn1)C2. The van der Waals surface area contributed by atoms with Crippen LogP contribution in [0.5, 0.6) is 0 Å². The number of hydrogen-bond acceptors (Lipinski definition) is 4. The molecule has 1 aromatic rings. The summed E-state index contributed by atoms with van der Waals surface area (Å²) in [6.45, 7) is 7.89. The van der Waals surface area contributed by atoms with Gasteiger partial charge in [0, 0.05) is 44.7 Å². The summed E-state index contributed by atoms with van der Waals surface area (Å²) >= 11 is 0. The van der Waals surface area contributed by atoms with Gasteiger partial charge in [0.05, 0.1) is 12.0 Å². The minimum absolute atomic E-state index is 0.197. The van der Waals surface area contributed by atoms with Gasteiger partial charge >= 0.3 is 0 Å². The number of likely N-dealkylation sites (tertiary alicyclic amines) is 2. The van der Waals surface area contributed by atoms with Crippen LogP contribution in [0, 0.1) is 11.8 Å². The van der Waals surface area contributed by atoms with E-state index in [0.29, 0.717) is 12.3 Å². The van der Waals surface area contributed by atoms with Crippen molar-refractivity contribution in [2.24, 2.45) is 11.8 Å². The lowest BCUT2D eigenvalue weighted by Gasteiger charge is -2.59. The predicted molar refractivity (Wildman–Crippen MR) is 101 cm³/mol. The molecule has 1 saturated carbocycles. The van der Waals surface area contributed by atoms with Gasteiger partial charge in [0.1, 0.15) is 0 Å². The van der Waals surface area contributed by atoms with E-state index in [9.17, 15) is 4.79 Å². The van der Waals surface area contributed by atoms with Crippen LogP contribution in [0.25, 0.3) is 0 Å². The molecule has 5 heteroatoms. The van der Waals surface area contributed by atoms with Crippen molar-refractivity contribution in [3.05, 3.63) is 30.1 Å². The van der Waals surface area contributed by atoms with Crippen LogP contribution in [0.1, 0.15) is 38.3 Å². The smallest absolute Gasteiger partial charge is 0.228 e. The van der Waals surface area contributed by atoms with Crippen LogP contribution in [0.4, 0.5) is 0 Å². The molecule has 26 heavy (non-hydrogen) atoms. The van der Waals surface area contributed by atoms with E-state index in [1.165, 1.54) is 32.2 Å². The topological polar surface area (TPSA) is 45.7 Å². The second-order valence-corrected chi connectivity index (χ2v) is 8.38. The Balaban J connectivity index is 1.37. The van der Waals surface area contributed by atoms with Crippen LogP contribution in [-0.4, -0.2) is 65.6 Å². The number of nitrogens with zero attached hydrogens (tertiary/aromatic N) is 3. The quantitative estimate of drug-likeness (QED) is 0.752. The minimum Gasteiger partial charge on any atom is -0.381 e. The largest absolute Gasteiger partial charge is 0.381 e. The highest BCUT2D eigenvalue weighted by atomic mass is 16.5.